The SMILES string of the molecule is COc1ccc(F)c(-c2cc(F)ccc2C(=O)O)c1. The van der Waals surface area contributed by atoms with Gasteiger partial charge in [0.1, 0.15) is 17.4 Å². The number of hydrogen-bond donors (Lipinski definition) is 1. The van der Waals surface area contributed by atoms with Gasteiger partial charge < -0.3 is 9.84 Å². The van der Waals surface area contributed by atoms with Crippen molar-refractivity contribution in [3.63, 3.8) is 0 Å². The number of hydrogen-bond acceptors (Lipinski definition) is 2. The van der Waals surface area contributed by atoms with Crippen LogP contribution in [0.15, 0.2) is 36.4 Å². The molecule has 0 unspecified atom stereocenters. The van der Waals surface area contributed by atoms with Crippen LogP contribution in [0.1, 0.15) is 10.4 Å². The predicted octanol–water partition coefficient (Wildman–Crippen LogP) is 3.34. The monoisotopic (exact) mass is 264 g/mol. The van der Waals surface area contributed by atoms with E-state index in [-0.39, 0.29) is 16.7 Å². The molecule has 2 aromatic rings. The van der Waals surface area contributed by atoms with Crippen molar-refractivity contribution < 1.29 is 23.4 Å². The quantitative estimate of drug-likeness (QED) is 0.924. The van der Waals surface area contributed by atoms with Crippen LogP contribution in [0.25, 0.3) is 11.1 Å². The van der Waals surface area contributed by atoms with Gasteiger partial charge in [0, 0.05) is 11.1 Å². The Bertz CT molecular complexity index is 639. The van der Waals surface area contributed by atoms with Crippen LogP contribution < -0.4 is 4.74 Å². The summed E-state index contributed by atoms with van der Waals surface area (Å²) < 4.78 is 32.0. The van der Waals surface area contributed by atoms with E-state index in [1.165, 1.54) is 19.2 Å². The summed E-state index contributed by atoms with van der Waals surface area (Å²) in [5.74, 6) is -2.18. The van der Waals surface area contributed by atoms with E-state index in [1.54, 1.807) is 0 Å². The van der Waals surface area contributed by atoms with Crippen LogP contribution >= 0.6 is 0 Å². The first-order valence-corrected chi connectivity index (χ1v) is 5.39. The van der Waals surface area contributed by atoms with E-state index < -0.39 is 17.6 Å². The lowest BCUT2D eigenvalue weighted by molar-refractivity contribution is 0.0697. The van der Waals surface area contributed by atoms with E-state index in [2.05, 4.69) is 0 Å². The molecule has 2 rings (SSSR count). The molecule has 0 amide bonds. The summed E-state index contributed by atoms with van der Waals surface area (Å²) in [6, 6.07) is 6.98. The van der Waals surface area contributed by atoms with Crippen molar-refractivity contribution >= 4 is 5.97 Å². The molecule has 0 spiro atoms. The molecular formula is C14H10F2O3. The molecule has 0 heterocycles. The lowest BCUT2D eigenvalue weighted by Gasteiger charge is -2.09. The normalized spacial score (nSPS) is 10.3. The number of carbonyl (C=O) groups is 1. The highest BCUT2D eigenvalue weighted by atomic mass is 19.1. The van der Waals surface area contributed by atoms with Crippen molar-refractivity contribution in [3.8, 4) is 16.9 Å². The molecule has 98 valence electrons. The zero-order valence-corrected chi connectivity index (χ0v) is 9.98. The Kier molecular flexibility index (Phi) is 3.46. The Balaban J connectivity index is 2.70. The van der Waals surface area contributed by atoms with Crippen molar-refractivity contribution in [2.45, 2.75) is 0 Å². The van der Waals surface area contributed by atoms with Crippen LogP contribution in [0.2, 0.25) is 0 Å². The van der Waals surface area contributed by atoms with Crippen molar-refractivity contribution in [1.82, 2.24) is 0 Å². The molecule has 0 aliphatic heterocycles. The fraction of sp³-hybridized carbons (Fsp3) is 0.0714. The molecule has 0 aromatic heterocycles. The summed E-state index contributed by atoms with van der Waals surface area (Å²) in [6.45, 7) is 0. The van der Waals surface area contributed by atoms with Crippen LogP contribution in [-0.2, 0) is 0 Å². The minimum Gasteiger partial charge on any atom is -0.497 e. The second-order valence-corrected chi connectivity index (χ2v) is 3.84. The summed E-state index contributed by atoms with van der Waals surface area (Å²) in [6.07, 6.45) is 0. The summed E-state index contributed by atoms with van der Waals surface area (Å²) in [5, 5.41) is 9.06. The van der Waals surface area contributed by atoms with Crippen molar-refractivity contribution in [3.05, 3.63) is 53.6 Å². The number of carboxylic acids is 1. The maximum absolute atomic E-state index is 13.8. The number of halogens is 2. The van der Waals surface area contributed by atoms with E-state index in [4.69, 9.17) is 9.84 Å². The molecule has 3 nitrogen and oxygen atoms in total. The van der Waals surface area contributed by atoms with Gasteiger partial charge in [-0.05, 0) is 36.4 Å². The van der Waals surface area contributed by atoms with Crippen LogP contribution in [0, 0.1) is 11.6 Å². The Morgan fingerprint density at radius 3 is 2.47 bits per heavy atom. The van der Waals surface area contributed by atoms with Crippen molar-refractivity contribution in [2.24, 2.45) is 0 Å². The van der Waals surface area contributed by atoms with Crippen LogP contribution in [0.3, 0.4) is 0 Å². The number of ether oxygens (including phenoxy) is 1. The van der Waals surface area contributed by atoms with Crippen molar-refractivity contribution in [1.29, 1.82) is 0 Å². The van der Waals surface area contributed by atoms with Gasteiger partial charge in [0.15, 0.2) is 0 Å². The smallest absolute Gasteiger partial charge is 0.336 e. The topological polar surface area (TPSA) is 46.5 Å². The first-order valence-electron chi connectivity index (χ1n) is 5.39. The molecule has 2 aromatic carbocycles. The highest BCUT2D eigenvalue weighted by Crippen LogP contribution is 2.30. The van der Waals surface area contributed by atoms with Gasteiger partial charge in [-0.2, -0.15) is 0 Å². The summed E-state index contributed by atoms with van der Waals surface area (Å²) in [7, 11) is 1.40. The average Bonchev–Trinajstić information content (AvgIpc) is 2.38. The fourth-order valence-corrected chi connectivity index (χ4v) is 1.76. The minimum atomic E-state index is -1.25. The molecule has 19 heavy (non-hydrogen) atoms. The second-order valence-electron chi connectivity index (χ2n) is 3.84. The van der Waals surface area contributed by atoms with E-state index in [9.17, 15) is 13.6 Å². The number of aromatic carboxylic acids is 1. The molecule has 5 heteroatoms. The van der Waals surface area contributed by atoms with Gasteiger partial charge in [0.2, 0.25) is 0 Å². The van der Waals surface area contributed by atoms with Crippen LogP contribution in [0.4, 0.5) is 8.78 Å². The summed E-state index contributed by atoms with van der Waals surface area (Å²) in [5.41, 5.74) is -0.214. The van der Waals surface area contributed by atoms with Gasteiger partial charge in [-0.15, -0.1) is 0 Å². The molecule has 0 saturated heterocycles. The molecule has 0 aliphatic carbocycles. The van der Waals surface area contributed by atoms with E-state index in [0.29, 0.717) is 5.75 Å². The highest BCUT2D eigenvalue weighted by molar-refractivity contribution is 5.96. The maximum Gasteiger partial charge on any atom is 0.336 e. The summed E-state index contributed by atoms with van der Waals surface area (Å²) in [4.78, 5) is 11.1. The third-order valence-corrected chi connectivity index (χ3v) is 2.68. The molecule has 0 saturated carbocycles. The van der Waals surface area contributed by atoms with Gasteiger partial charge in [-0.1, -0.05) is 0 Å². The van der Waals surface area contributed by atoms with Gasteiger partial charge in [-0.25, -0.2) is 13.6 Å². The third kappa shape index (κ3) is 2.54. The number of rotatable bonds is 3. The van der Waals surface area contributed by atoms with E-state index in [0.717, 1.165) is 24.3 Å². The first kappa shape index (κ1) is 13.0. The van der Waals surface area contributed by atoms with Crippen LogP contribution in [-0.4, -0.2) is 18.2 Å². The number of methoxy groups -OCH3 is 1. The molecule has 0 fully saturated rings. The zero-order valence-electron chi connectivity index (χ0n) is 9.98. The third-order valence-electron chi connectivity index (χ3n) is 2.68. The first-order chi connectivity index (χ1) is 9.02. The highest BCUT2D eigenvalue weighted by Gasteiger charge is 2.16. The second kappa shape index (κ2) is 5.06. The van der Waals surface area contributed by atoms with Gasteiger partial charge in [-0.3, -0.25) is 0 Å². The lowest BCUT2D eigenvalue weighted by Crippen LogP contribution is -2.01. The minimum absolute atomic E-state index is 0.0174. The number of carboxylic acid groups (broad SMARTS) is 1. The summed E-state index contributed by atoms with van der Waals surface area (Å²) >= 11 is 0. The standard InChI is InChI=1S/C14H10F2O3/c1-19-9-3-5-13(16)12(7-9)11-6-8(15)2-4-10(11)14(17)18/h2-7H,1H3,(H,17,18). The van der Waals surface area contributed by atoms with Gasteiger partial charge in [0.05, 0.1) is 12.7 Å². The molecule has 0 aliphatic rings. The largest absolute Gasteiger partial charge is 0.497 e. The maximum atomic E-state index is 13.8. The Hall–Kier alpha value is -2.43. The lowest BCUT2D eigenvalue weighted by atomic mass is 9.99. The molecule has 0 atom stereocenters. The van der Waals surface area contributed by atoms with Gasteiger partial charge >= 0.3 is 5.97 Å². The molecule has 0 radical (unpaired) electrons. The molecule has 1 N–H and O–H groups in total. The van der Waals surface area contributed by atoms with Crippen LogP contribution in [0.5, 0.6) is 5.75 Å². The fourth-order valence-electron chi connectivity index (χ4n) is 1.76. The zero-order chi connectivity index (χ0) is 14.0. The Morgan fingerprint density at radius 2 is 1.84 bits per heavy atom. The Labute approximate surface area is 108 Å². The van der Waals surface area contributed by atoms with Gasteiger partial charge in [0.25, 0.3) is 0 Å². The number of benzene rings is 2. The van der Waals surface area contributed by atoms with Crippen molar-refractivity contribution in [2.75, 3.05) is 7.11 Å². The average molecular weight is 264 g/mol. The predicted molar refractivity (Wildman–Crippen MR) is 65.3 cm³/mol. The Morgan fingerprint density at radius 1 is 1.11 bits per heavy atom. The molecular weight excluding hydrogens is 254 g/mol. The molecule has 0 bridgehead atoms. The van der Waals surface area contributed by atoms with E-state index >= 15 is 0 Å². The van der Waals surface area contributed by atoms with E-state index in [1.807, 2.05) is 0 Å².